The zero-order chi connectivity index (χ0) is 24.2. The van der Waals surface area contributed by atoms with Gasteiger partial charge in [0.1, 0.15) is 11.5 Å². The van der Waals surface area contributed by atoms with Gasteiger partial charge in [-0.1, -0.05) is 42.3 Å². The summed E-state index contributed by atoms with van der Waals surface area (Å²) in [5.41, 5.74) is 2.21. The van der Waals surface area contributed by atoms with Crippen LogP contribution in [0.5, 0.6) is 11.5 Å². The zero-order valence-corrected chi connectivity index (χ0v) is 20.5. The van der Waals surface area contributed by atoms with Gasteiger partial charge < -0.3 is 20.1 Å². The maximum Gasteiger partial charge on any atom is 0.243 e. The van der Waals surface area contributed by atoms with Crippen LogP contribution in [0.15, 0.2) is 43.1 Å². The lowest BCUT2D eigenvalue weighted by Gasteiger charge is -2.20. The predicted molar refractivity (Wildman–Crippen MR) is 136 cm³/mol. The van der Waals surface area contributed by atoms with E-state index in [1.165, 1.54) is 6.08 Å². The minimum atomic E-state index is -0.136. The van der Waals surface area contributed by atoms with Crippen molar-refractivity contribution in [3.8, 4) is 22.6 Å². The molecule has 178 valence electrons. The molecule has 0 aliphatic heterocycles. The van der Waals surface area contributed by atoms with Crippen LogP contribution in [0.3, 0.4) is 0 Å². The molecule has 1 aliphatic carbocycles. The number of nitrogens with zero attached hydrogens (tertiary/aromatic N) is 2. The molecule has 2 N–H and O–H groups in total. The predicted octanol–water partition coefficient (Wildman–Crippen LogP) is 5.50. The summed E-state index contributed by atoms with van der Waals surface area (Å²) in [6, 6.07) is 7.54. The van der Waals surface area contributed by atoms with Gasteiger partial charge >= 0.3 is 0 Å². The van der Waals surface area contributed by atoms with Gasteiger partial charge in [0.05, 0.1) is 29.8 Å². The largest absolute Gasteiger partial charge is 0.495 e. The summed E-state index contributed by atoms with van der Waals surface area (Å²) in [5, 5.41) is 7.98. The Balaban J connectivity index is 1.55. The van der Waals surface area contributed by atoms with Crippen molar-refractivity contribution >= 4 is 46.0 Å². The van der Waals surface area contributed by atoms with Gasteiger partial charge in [0, 0.05) is 35.8 Å². The van der Waals surface area contributed by atoms with E-state index >= 15 is 0 Å². The summed E-state index contributed by atoms with van der Waals surface area (Å²) in [6.45, 7) is 4.21. The Morgan fingerprint density at radius 1 is 1.18 bits per heavy atom. The Morgan fingerprint density at radius 3 is 2.59 bits per heavy atom. The number of halogens is 2. The number of fused-ring (bicyclic) bond motifs is 1. The topological polar surface area (TPSA) is 85.4 Å². The monoisotopic (exact) mass is 500 g/mol. The highest BCUT2D eigenvalue weighted by atomic mass is 35.5. The molecule has 0 bridgehead atoms. The summed E-state index contributed by atoms with van der Waals surface area (Å²) in [6.07, 6.45) is 6.16. The third-order valence-electron chi connectivity index (χ3n) is 6.14. The van der Waals surface area contributed by atoms with Crippen LogP contribution in [0.1, 0.15) is 19.3 Å². The van der Waals surface area contributed by atoms with Crippen molar-refractivity contribution in [1.82, 2.24) is 15.3 Å². The van der Waals surface area contributed by atoms with Crippen molar-refractivity contribution in [3.05, 3.63) is 53.2 Å². The fourth-order valence-electron chi connectivity index (χ4n) is 4.35. The SMILES string of the molecule is C=CC(=O)N[C@H]1CCCC1CNc1ncc2cc(-c3c(Cl)c(OC)cc(OC)c3Cl)ccc2n1. The second-order valence-electron chi connectivity index (χ2n) is 8.14. The zero-order valence-electron chi connectivity index (χ0n) is 19.0. The number of carbonyl (C=O) groups excluding carboxylic acids is 1. The maximum atomic E-state index is 11.7. The van der Waals surface area contributed by atoms with Crippen LogP contribution in [-0.4, -0.2) is 42.7 Å². The highest BCUT2D eigenvalue weighted by Gasteiger charge is 2.28. The van der Waals surface area contributed by atoms with Crippen molar-refractivity contribution in [2.45, 2.75) is 25.3 Å². The first-order valence-corrected chi connectivity index (χ1v) is 11.7. The number of amides is 1. The van der Waals surface area contributed by atoms with Crippen LogP contribution in [0.4, 0.5) is 5.95 Å². The molecule has 1 aromatic heterocycles. The van der Waals surface area contributed by atoms with Crippen molar-refractivity contribution in [1.29, 1.82) is 0 Å². The van der Waals surface area contributed by atoms with E-state index in [0.717, 1.165) is 35.7 Å². The van der Waals surface area contributed by atoms with Gasteiger partial charge in [-0.05, 0) is 42.5 Å². The van der Waals surface area contributed by atoms with E-state index in [9.17, 15) is 4.79 Å². The molecule has 4 rings (SSSR count). The lowest BCUT2D eigenvalue weighted by Crippen LogP contribution is -2.38. The molecule has 0 saturated heterocycles. The molecular formula is C25H26Cl2N4O3. The lowest BCUT2D eigenvalue weighted by molar-refractivity contribution is -0.117. The van der Waals surface area contributed by atoms with E-state index in [1.807, 2.05) is 18.2 Å². The fourth-order valence-corrected chi connectivity index (χ4v) is 5.07. The highest BCUT2D eigenvalue weighted by Crippen LogP contribution is 2.46. The number of ether oxygens (including phenoxy) is 2. The number of aromatic nitrogens is 2. The third-order valence-corrected chi connectivity index (χ3v) is 6.89. The summed E-state index contributed by atoms with van der Waals surface area (Å²) in [7, 11) is 3.09. The molecule has 0 radical (unpaired) electrons. The molecule has 1 amide bonds. The molecule has 3 aromatic rings. The first kappa shape index (κ1) is 24.1. The van der Waals surface area contributed by atoms with Crippen molar-refractivity contribution in [2.75, 3.05) is 26.1 Å². The number of nitrogens with one attached hydrogen (secondary N) is 2. The smallest absolute Gasteiger partial charge is 0.243 e. The number of anilines is 1. The quantitative estimate of drug-likeness (QED) is 0.397. The van der Waals surface area contributed by atoms with Crippen LogP contribution in [-0.2, 0) is 4.79 Å². The molecule has 1 unspecified atom stereocenters. The fraction of sp³-hybridized carbons (Fsp3) is 0.320. The van der Waals surface area contributed by atoms with Crippen molar-refractivity contribution in [2.24, 2.45) is 5.92 Å². The highest BCUT2D eigenvalue weighted by molar-refractivity contribution is 6.41. The van der Waals surface area contributed by atoms with Crippen LogP contribution >= 0.6 is 23.2 Å². The van der Waals surface area contributed by atoms with Gasteiger partial charge in [0.15, 0.2) is 0 Å². The van der Waals surface area contributed by atoms with Crippen molar-refractivity contribution in [3.63, 3.8) is 0 Å². The Kier molecular flexibility index (Phi) is 7.44. The van der Waals surface area contributed by atoms with Crippen molar-refractivity contribution < 1.29 is 14.3 Å². The average Bonchev–Trinajstić information content (AvgIpc) is 3.29. The molecule has 0 spiro atoms. The molecule has 1 heterocycles. The molecule has 1 saturated carbocycles. The number of hydrogen-bond donors (Lipinski definition) is 2. The molecule has 9 heteroatoms. The number of rotatable bonds is 8. The molecule has 2 atom stereocenters. The first-order chi connectivity index (χ1) is 16.4. The number of benzene rings is 2. The number of carbonyl (C=O) groups is 1. The van der Waals surface area contributed by atoms with Gasteiger partial charge in [0.2, 0.25) is 11.9 Å². The first-order valence-electron chi connectivity index (χ1n) is 11.0. The Labute approximate surface area is 208 Å². The van der Waals surface area contributed by atoms with E-state index in [-0.39, 0.29) is 11.9 Å². The van der Waals surface area contributed by atoms with E-state index in [2.05, 4.69) is 27.2 Å². The molecule has 1 fully saturated rings. The Bertz CT molecular complexity index is 1210. The van der Waals surface area contributed by atoms with Crippen LogP contribution in [0.25, 0.3) is 22.0 Å². The van der Waals surface area contributed by atoms with Crippen LogP contribution in [0.2, 0.25) is 10.0 Å². The van der Waals surface area contributed by atoms with Gasteiger partial charge in [-0.25, -0.2) is 9.97 Å². The minimum absolute atomic E-state index is 0.135. The average molecular weight is 501 g/mol. The maximum absolute atomic E-state index is 11.7. The molecule has 1 aliphatic rings. The van der Waals surface area contributed by atoms with E-state index in [1.54, 1.807) is 26.5 Å². The Hall–Kier alpha value is -3.03. The molecular weight excluding hydrogens is 475 g/mol. The van der Waals surface area contributed by atoms with E-state index in [4.69, 9.17) is 32.7 Å². The van der Waals surface area contributed by atoms with Crippen LogP contribution in [0, 0.1) is 5.92 Å². The second-order valence-corrected chi connectivity index (χ2v) is 8.90. The second kappa shape index (κ2) is 10.5. The van der Waals surface area contributed by atoms with Crippen LogP contribution < -0.4 is 20.1 Å². The normalized spacial score (nSPS) is 17.4. The summed E-state index contributed by atoms with van der Waals surface area (Å²) in [4.78, 5) is 20.8. The number of methoxy groups -OCH3 is 2. The molecule has 2 aromatic carbocycles. The summed E-state index contributed by atoms with van der Waals surface area (Å²) < 4.78 is 10.8. The van der Waals surface area contributed by atoms with Gasteiger partial charge in [-0.3, -0.25) is 4.79 Å². The molecule has 7 nitrogen and oxygen atoms in total. The van der Waals surface area contributed by atoms with E-state index in [0.29, 0.717) is 45.5 Å². The van der Waals surface area contributed by atoms with Gasteiger partial charge in [-0.15, -0.1) is 0 Å². The summed E-state index contributed by atoms with van der Waals surface area (Å²) in [5.74, 6) is 1.67. The van der Waals surface area contributed by atoms with Gasteiger partial charge in [-0.2, -0.15) is 0 Å². The summed E-state index contributed by atoms with van der Waals surface area (Å²) >= 11 is 13.1. The standard InChI is InChI=1S/C25H26Cl2N4O3/c1-4-21(32)30-17-7-5-6-15(17)12-28-25-29-13-16-10-14(8-9-18(16)31-25)22-23(26)19(33-2)11-20(34-3)24(22)27/h4,8-11,13,15,17H,1,5-7,12H2,2-3H3,(H,30,32)(H,28,29,31)/t15?,17-/m0/s1. The number of hydrogen-bond acceptors (Lipinski definition) is 6. The Morgan fingerprint density at radius 2 is 1.91 bits per heavy atom. The minimum Gasteiger partial charge on any atom is -0.495 e. The third kappa shape index (κ3) is 4.91. The molecule has 34 heavy (non-hydrogen) atoms. The van der Waals surface area contributed by atoms with E-state index < -0.39 is 0 Å². The van der Waals surface area contributed by atoms with Gasteiger partial charge in [0.25, 0.3) is 0 Å². The lowest BCUT2D eigenvalue weighted by atomic mass is 10.0.